The molecule has 1 fully saturated rings. The van der Waals surface area contributed by atoms with Crippen LogP contribution in [0.5, 0.6) is 0 Å². The predicted molar refractivity (Wildman–Crippen MR) is 95.1 cm³/mol. The molecule has 0 unspecified atom stereocenters. The first kappa shape index (κ1) is 19.2. The fraction of sp³-hybridized carbons (Fsp3) is 0.562. The number of piperidine rings is 1. The summed E-state index contributed by atoms with van der Waals surface area (Å²) in [5.74, 6) is 0.0457. The summed E-state index contributed by atoms with van der Waals surface area (Å²) < 4.78 is 0. The number of halogens is 2. The summed E-state index contributed by atoms with van der Waals surface area (Å²) in [7, 11) is 0. The van der Waals surface area contributed by atoms with Gasteiger partial charge in [0, 0.05) is 16.8 Å². The van der Waals surface area contributed by atoms with Gasteiger partial charge in [-0.1, -0.05) is 18.5 Å². The minimum Gasteiger partial charge on any atom is -0.325 e. The smallest absolute Gasteiger partial charge is 0.238 e. The Morgan fingerprint density at radius 2 is 1.95 bits per heavy atom. The van der Waals surface area contributed by atoms with E-state index in [2.05, 4.69) is 22.5 Å². The van der Waals surface area contributed by atoms with Crippen molar-refractivity contribution in [3.8, 4) is 0 Å². The molecule has 0 atom stereocenters. The van der Waals surface area contributed by atoms with Crippen LogP contribution in [0.2, 0.25) is 5.02 Å². The Morgan fingerprint density at radius 3 is 2.55 bits per heavy atom. The molecule has 1 saturated heterocycles. The molecular formula is C16H25Cl2N3O. The topological polar surface area (TPSA) is 44.4 Å². The van der Waals surface area contributed by atoms with E-state index in [9.17, 15) is 4.79 Å². The first-order valence-electron chi connectivity index (χ1n) is 7.69. The first-order chi connectivity index (χ1) is 10.2. The maximum absolute atomic E-state index is 12.2. The molecular weight excluding hydrogens is 321 g/mol. The molecule has 6 heteroatoms. The molecule has 0 bridgehead atoms. The van der Waals surface area contributed by atoms with E-state index in [0.717, 1.165) is 44.6 Å². The second-order valence-electron chi connectivity index (χ2n) is 5.51. The molecule has 2 rings (SSSR count). The van der Waals surface area contributed by atoms with Gasteiger partial charge in [-0.3, -0.25) is 9.69 Å². The molecule has 1 aromatic carbocycles. The molecule has 1 aliphatic heterocycles. The maximum Gasteiger partial charge on any atom is 0.238 e. The van der Waals surface area contributed by atoms with Gasteiger partial charge in [0.15, 0.2) is 0 Å². The van der Waals surface area contributed by atoms with Crippen LogP contribution in [-0.2, 0) is 4.79 Å². The van der Waals surface area contributed by atoms with Crippen molar-refractivity contribution in [3.63, 3.8) is 0 Å². The van der Waals surface area contributed by atoms with Gasteiger partial charge in [-0.15, -0.1) is 12.4 Å². The zero-order chi connectivity index (χ0) is 15.1. The van der Waals surface area contributed by atoms with Crippen molar-refractivity contribution in [1.29, 1.82) is 0 Å². The number of benzene rings is 1. The van der Waals surface area contributed by atoms with Gasteiger partial charge < -0.3 is 10.6 Å². The fourth-order valence-electron chi connectivity index (χ4n) is 2.77. The summed E-state index contributed by atoms with van der Waals surface area (Å²) in [4.78, 5) is 14.5. The summed E-state index contributed by atoms with van der Waals surface area (Å²) in [6.45, 7) is 5.68. The molecule has 0 spiro atoms. The van der Waals surface area contributed by atoms with Gasteiger partial charge in [-0.25, -0.2) is 0 Å². The van der Waals surface area contributed by atoms with Crippen molar-refractivity contribution in [1.82, 2.24) is 10.2 Å². The Hall–Kier alpha value is -0.810. The lowest BCUT2D eigenvalue weighted by atomic mass is 10.0. The summed E-state index contributed by atoms with van der Waals surface area (Å²) in [5, 5.41) is 6.99. The third-order valence-corrected chi connectivity index (χ3v) is 4.06. The summed E-state index contributed by atoms with van der Waals surface area (Å²) in [6, 6.07) is 7.74. The van der Waals surface area contributed by atoms with Crippen LogP contribution < -0.4 is 10.6 Å². The van der Waals surface area contributed by atoms with E-state index in [0.29, 0.717) is 17.6 Å². The Kier molecular flexibility index (Phi) is 8.79. The Labute approximate surface area is 144 Å². The number of carbonyl (C=O) groups is 1. The highest BCUT2D eigenvalue weighted by atomic mass is 35.5. The van der Waals surface area contributed by atoms with E-state index in [-0.39, 0.29) is 18.3 Å². The standard InChI is InChI=1S/C16H24ClN3O.ClH/c1-2-11-20(15-7-9-18-10-8-15)12-16(21)19-14-5-3-13(17)4-6-14;/h3-6,15,18H,2,7-12H2,1H3,(H,19,21);1H. The van der Waals surface area contributed by atoms with E-state index < -0.39 is 0 Å². The second-order valence-corrected chi connectivity index (χ2v) is 5.94. The van der Waals surface area contributed by atoms with Crippen LogP contribution in [0, 0.1) is 0 Å². The van der Waals surface area contributed by atoms with Gasteiger partial charge in [-0.05, 0) is 63.2 Å². The summed E-state index contributed by atoms with van der Waals surface area (Å²) in [6.07, 6.45) is 3.31. The number of carbonyl (C=O) groups excluding carboxylic acids is 1. The lowest BCUT2D eigenvalue weighted by molar-refractivity contribution is -0.118. The molecule has 2 N–H and O–H groups in total. The molecule has 0 radical (unpaired) electrons. The number of anilines is 1. The van der Waals surface area contributed by atoms with E-state index in [1.165, 1.54) is 0 Å². The first-order valence-corrected chi connectivity index (χ1v) is 8.07. The lowest BCUT2D eigenvalue weighted by Crippen LogP contribution is -2.46. The average molecular weight is 346 g/mol. The SMILES string of the molecule is CCCN(CC(=O)Nc1ccc(Cl)cc1)C1CCNCC1.Cl. The van der Waals surface area contributed by atoms with Gasteiger partial charge in [0.2, 0.25) is 5.91 Å². The summed E-state index contributed by atoms with van der Waals surface area (Å²) in [5.41, 5.74) is 0.797. The van der Waals surface area contributed by atoms with Crippen molar-refractivity contribution >= 4 is 35.6 Å². The average Bonchev–Trinajstić information content (AvgIpc) is 2.50. The Bertz CT molecular complexity index is 447. The molecule has 0 aromatic heterocycles. The maximum atomic E-state index is 12.2. The van der Waals surface area contributed by atoms with Gasteiger partial charge in [0.25, 0.3) is 0 Å². The quantitative estimate of drug-likeness (QED) is 0.832. The zero-order valence-corrected chi connectivity index (χ0v) is 14.6. The fourth-order valence-corrected chi connectivity index (χ4v) is 2.89. The van der Waals surface area contributed by atoms with Crippen LogP contribution in [0.1, 0.15) is 26.2 Å². The number of nitrogens with zero attached hydrogens (tertiary/aromatic N) is 1. The minimum atomic E-state index is 0. The van der Waals surface area contributed by atoms with Crippen molar-refractivity contribution in [2.24, 2.45) is 0 Å². The zero-order valence-electron chi connectivity index (χ0n) is 13.0. The van der Waals surface area contributed by atoms with Crippen LogP contribution >= 0.6 is 24.0 Å². The van der Waals surface area contributed by atoms with E-state index in [1.54, 1.807) is 12.1 Å². The molecule has 1 aromatic rings. The second kappa shape index (κ2) is 10.1. The monoisotopic (exact) mass is 345 g/mol. The Morgan fingerprint density at radius 1 is 1.32 bits per heavy atom. The number of hydrogen-bond donors (Lipinski definition) is 2. The van der Waals surface area contributed by atoms with Crippen LogP contribution in [0.25, 0.3) is 0 Å². The van der Waals surface area contributed by atoms with Crippen molar-refractivity contribution in [3.05, 3.63) is 29.3 Å². The number of hydrogen-bond acceptors (Lipinski definition) is 3. The highest BCUT2D eigenvalue weighted by molar-refractivity contribution is 6.30. The molecule has 1 heterocycles. The number of rotatable bonds is 6. The van der Waals surface area contributed by atoms with Crippen LogP contribution in [0.15, 0.2) is 24.3 Å². The molecule has 1 aliphatic rings. The number of amides is 1. The van der Waals surface area contributed by atoms with Gasteiger partial charge >= 0.3 is 0 Å². The molecule has 22 heavy (non-hydrogen) atoms. The van der Waals surface area contributed by atoms with Crippen molar-refractivity contribution in [2.45, 2.75) is 32.2 Å². The van der Waals surface area contributed by atoms with E-state index in [1.807, 2.05) is 12.1 Å². The minimum absolute atomic E-state index is 0. The molecule has 124 valence electrons. The van der Waals surface area contributed by atoms with Crippen molar-refractivity contribution < 1.29 is 4.79 Å². The molecule has 4 nitrogen and oxygen atoms in total. The van der Waals surface area contributed by atoms with Gasteiger partial charge in [-0.2, -0.15) is 0 Å². The summed E-state index contributed by atoms with van der Waals surface area (Å²) >= 11 is 5.85. The molecule has 0 aliphatic carbocycles. The normalized spacial score (nSPS) is 15.4. The Balaban J connectivity index is 0.00000242. The third kappa shape index (κ3) is 6.13. The molecule has 0 saturated carbocycles. The van der Waals surface area contributed by atoms with E-state index >= 15 is 0 Å². The predicted octanol–water partition coefficient (Wildman–Crippen LogP) is 3.16. The van der Waals surface area contributed by atoms with Gasteiger partial charge in [0.05, 0.1) is 6.54 Å². The largest absolute Gasteiger partial charge is 0.325 e. The van der Waals surface area contributed by atoms with E-state index in [4.69, 9.17) is 11.6 Å². The highest BCUT2D eigenvalue weighted by Gasteiger charge is 2.22. The van der Waals surface area contributed by atoms with Crippen LogP contribution in [0.3, 0.4) is 0 Å². The van der Waals surface area contributed by atoms with Crippen molar-refractivity contribution in [2.75, 3.05) is 31.5 Å². The third-order valence-electron chi connectivity index (χ3n) is 3.81. The number of nitrogens with one attached hydrogen (secondary N) is 2. The lowest BCUT2D eigenvalue weighted by Gasteiger charge is -2.34. The van der Waals surface area contributed by atoms with Crippen LogP contribution in [-0.4, -0.2) is 43.0 Å². The highest BCUT2D eigenvalue weighted by Crippen LogP contribution is 2.15. The van der Waals surface area contributed by atoms with Crippen LogP contribution in [0.4, 0.5) is 5.69 Å². The molecule has 1 amide bonds. The van der Waals surface area contributed by atoms with Gasteiger partial charge in [0.1, 0.15) is 0 Å².